The van der Waals surface area contributed by atoms with Gasteiger partial charge in [0, 0.05) is 6.54 Å². The van der Waals surface area contributed by atoms with Crippen molar-refractivity contribution in [2.24, 2.45) is 5.92 Å². The first-order valence-corrected chi connectivity index (χ1v) is 7.81. The molecule has 0 aromatic carbocycles. The Morgan fingerprint density at radius 3 is 2.81 bits per heavy atom. The third-order valence-corrected chi connectivity index (χ3v) is 4.82. The van der Waals surface area contributed by atoms with E-state index in [4.69, 9.17) is 17.0 Å². The van der Waals surface area contributed by atoms with E-state index in [0.717, 1.165) is 12.8 Å². The first-order chi connectivity index (χ1) is 7.43. The lowest BCUT2D eigenvalue weighted by Gasteiger charge is -2.16. The molecule has 2 atom stereocenters. The molecule has 1 fully saturated rings. The first-order valence-electron chi connectivity index (χ1n) is 5.58. The highest BCUT2D eigenvalue weighted by atomic mass is 32.2. The van der Waals surface area contributed by atoms with Crippen LogP contribution in [0.4, 0.5) is 0 Å². The molecular weight excluding hydrogens is 246 g/mol. The minimum atomic E-state index is -2.80. The summed E-state index contributed by atoms with van der Waals surface area (Å²) in [7, 11) is -2.80. The van der Waals surface area contributed by atoms with Gasteiger partial charge in [0.05, 0.1) is 17.6 Å². The van der Waals surface area contributed by atoms with Gasteiger partial charge in [0.25, 0.3) is 5.17 Å². The predicted octanol–water partition coefficient (Wildman–Crippen LogP) is 1.11. The van der Waals surface area contributed by atoms with Crippen molar-refractivity contribution in [1.82, 2.24) is 5.32 Å². The zero-order valence-corrected chi connectivity index (χ0v) is 11.4. The molecule has 1 rings (SSSR count). The molecule has 4 nitrogen and oxygen atoms in total. The van der Waals surface area contributed by atoms with Crippen molar-refractivity contribution >= 4 is 27.2 Å². The third kappa shape index (κ3) is 4.65. The lowest BCUT2D eigenvalue weighted by molar-refractivity contribution is 0.199. The van der Waals surface area contributed by atoms with Crippen molar-refractivity contribution in [3.8, 4) is 0 Å². The lowest BCUT2D eigenvalue weighted by atomic mass is 10.1. The Balaban J connectivity index is 2.23. The number of thiocarbonyl (C=S) groups is 1. The highest BCUT2D eigenvalue weighted by Crippen LogP contribution is 2.17. The van der Waals surface area contributed by atoms with Crippen molar-refractivity contribution < 1.29 is 13.2 Å². The molecule has 0 aliphatic carbocycles. The van der Waals surface area contributed by atoms with Crippen LogP contribution in [0.25, 0.3) is 0 Å². The summed E-state index contributed by atoms with van der Waals surface area (Å²) in [5.74, 6) is 0.744. The summed E-state index contributed by atoms with van der Waals surface area (Å²) >= 11 is 5.01. The van der Waals surface area contributed by atoms with Gasteiger partial charge in [-0.3, -0.25) is 0 Å². The Morgan fingerprint density at radius 2 is 2.31 bits per heavy atom. The minimum absolute atomic E-state index is 0.104. The second-order valence-corrected chi connectivity index (χ2v) is 6.87. The number of rotatable bonds is 4. The van der Waals surface area contributed by atoms with Crippen LogP contribution in [0.5, 0.6) is 0 Å². The smallest absolute Gasteiger partial charge is 0.256 e. The van der Waals surface area contributed by atoms with Gasteiger partial charge in [0.1, 0.15) is 0 Å². The van der Waals surface area contributed by atoms with Crippen LogP contribution >= 0.6 is 12.2 Å². The molecule has 1 aliphatic rings. The SMILES string of the molecule is CC[C@H](C)OC(=S)NC[C@H]1CCS(=O)(=O)C1. The van der Waals surface area contributed by atoms with Gasteiger partial charge in [-0.05, 0) is 37.9 Å². The molecule has 1 N–H and O–H groups in total. The summed E-state index contributed by atoms with van der Waals surface area (Å²) in [4.78, 5) is 0. The molecule has 0 saturated carbocycles. The van der Waals surface area contributed by atoms with Crippen LogP contribution < -0.4 is 5.32 Å². The number of ether oxygens (including phenoxy) is 1. The van der Waals surface area contributed by atoms with Gasteiger partial charge in [-0.2, -0.15) is 0 Å². The van der Waals surface area contributed by atoms with Gasteiger partial charge in [0.15, 0.2) is 9.84 Å². The molecule has 0 aromatic heterocycles. The second-order valence-electron chi connectivity index (χ2n) is 4.27. The van der Waals surface area contributed by atoms with E-state index in [0.29, 0.717) is 17.5 Å². The highest BCUT2D eigenvalue weighted by molar-refractivity contribution is 7.91. The molecule has 0 radical (unpaired) electrons. The Morgan fingerprint density at radius 1 is 1.62 bits per heavy atom. The van der Waals surface area contributed by atoms with Crippen molar-refractivity contribution in [2.75, 3.05) is 18.1 Å². The molecule has 0 bridgehead atoms. The molecule has 6 heteroatoms. The van der Waals surface area contributed by atoms with Crippen LogP contribution in [0.2, 0.25) is 0 Å². The van der Waals surface area contributed by atoms with E-state index >= 15 is 0 Å². The van der Waals surface area contributed by atoms with Crippen LogP contribution in [-0.4, -0.2) is 37.7 Å². The fraction of sp³-hybridized carbons (Fsp3) is 0.900. The molecular formula is C10H19NO3S2. The Kier molecular flexibility index (Phi) is 4.98. The summed E-state index contributed by atoms with van der Waals surface area (Å²) in [6.45, 7) is 4.57. The van der Waals surface area contributed by atoms with Crippen LogP contribution in [-0.2, 0) is 14.6 Å². The lowest BCUT2D eigenvalue weighted by Crippen LogP contribution is -2.32. The molecule has 94 valence electrons. The average molecular weight is 265 g/mol. The monoisotopic (exact) mass is 265 g/mol. The van der Waals surface area contributed by atoms with Gasteiger partial charge in [-0.1, -0.05) is 6.92 Å². The van der Waals surface area contributed by atoms with Gasteiger partial charge >= 0.3 is 0 Å². The quantitative estimate of drug-likeness (QED) is 0.772. The summed E-state index contributed by atoms with van der Waals surface area (Å²) in [5, 5.41) is 3.35. The Labute approximate surface area is 103 Å². The van der Waals surface area contributed by atoms with Crippen LogP contribution in [0.3, 0.4) is 0 Å². The van der Waals surface area contributed by atoms with Gasteiger partial charge in [-0.15, -0.1) is 0 Å². The van der Waals surface area contributed by atoms with Gasteiger partial charge in [-0.25, -0.2) is 8.42 Å². The molecule has 0 aromatic rings. The van der Waals surface area contributed by atoms with E-state index in [-0.39, 0.29) is 17.8 Å². The largest absolute Gasteiger partial charge is 0.468 e. The predicted molar refractivity (Wildman–Crippen MR) is 68.2 cm³/mol. The van der Waals surface area contributed by atoms with Crippen molar-refractivity contribution in [2.45, 2.75) is 32.8 Å². The van der Waals surface area contributed by atoms with Crippen LogP contribution in [0.1, 0.15) is 26.7 Å². The molecule has 1 heterocycles. The zero-order chi connectivity index (χ0) is 12.2. The number of sulfone groups is 1. The zero-order valence-electron chi connectivity index (χ0n) is 9.73. The average Bonchev–Trinajstić information content (AvgIpc) is 2.55. The number of hydrogen-bond acceptors (Lipinski definition) is 4. The summed E-state index contributed by atoms with van der Waals surface area (Å²) in [6.07, 6.45) is 1.73. The maximum absolute atomic E-state index is 11.2. The van der Waals surface area contributed by atoms with E-state index in [9.17, 15) is 8.42 Å². The molecule has 0 amide bonds. The maximum Gasteiger partial charge on any atom is 0.256 e. The molecule has 0 unspecified atom stereocenters. The van der Waals surface area contributed by atoms with Crippen molar-refractivity contribution in [1.29, 1.82) is 0 Å². The van der Waals surface area contributed by atoms with E-state index in [2.05, 4.69) is 5.32 Å². The summed E-state index contributed by atoms with van der Waals surface area (Å²) < 4.78 is 27.8. The summed E-state index contributed by atoms with van der Waals surface area (Å²) in [6, 6.07) is 0. The van der Waals surface area contributed by atoms with E-state index < -0.39 is 9.84 Å². The molecule has 1 aliphatic heterocycles. The van der Waals surface area contributed by atoms with Crippen molar-refractivity contribution in [3.05, 3.63) is 0 Å². The van der Waals surface area contributed by atoms with E-state index in [1.54, 1.807) is 0 Å². The highest BCUT2D eigenvalue weighted by Gasteiger charge is 2.27. The number of nitrogens with one attached hydrogen (secondary N) is 1. The molecule has 16 heavy (non-hydrogen) atoms. The molecule has 0 spiro atoms. The van der Waals surface area contributed by atoms with Gasteiger partial charge < -0.3 is 10.1 Å². The minimum Gasteiger partial charge on any atom is -0.468 e. The fourth-order valence-corrected chi connectivity index (χ4v) is 3.68. The third-order valence-electron chi connectivity index (χ3n) is 2.74. The first kappa shape index (κ1) is 13.7. The van der Waals surface area contributed by atoms with Crippen LogP contribution in [0, 0.1) is 5.92 Å². The fourth-order valence-electron chi connectivity index (χ4n) is 1.57. The Hall–Kier alpha value is -0.360. The number of hydrogen-bond donors (Lipinski definition) is 1. The standard InChI is InChI=1S/C10H19NO3S2/c1-3-8(2)14-10(15)11-6-9-4-5-16(12,13)7-9/h8-9H,3-7H2,1-2H3,(H,11,15)/t8-,9+/m0/s1. The molecule has 1 saturated heterocycles. The summed E-state index contributed by atoms with van der Waals surface area (Å²) in [5.41, 5.74) is 0. The van der Waals surface area contributed by atoms with E-state index in [1.165, 1.54) is 0 Å². The second kappa shape index (κ2) is 5.82. The maximum atomic E-state index is 11.2. The topological polar surface area (TPSA) is 55.4 Å². The normalized spacial score (nSPS) is 25.0. The van der Waals surface area contributed by atoms with Crippen molar-refractivity contribution in [3.63, 3.8) is 0 Å². The van der Waals surface area contributed by atoms with Gasteiger partial charge in [0.2, 0.25) is 0 Å². The van der Waals surface area contributed by atoms with Crippen LogP contribution in [0.15, 0.2) is 0 Å². The van der Waals surface area contributed by atoms with E-state index in [1.807, 2.05) is 13.8 Å². The Bertz CT molecular complexity index is 340.